The summed E-state index contributed by atoms with van der Waals surface area (Å²) < 4.78 is 2.10. The molecule has 0 saturated carbocycles. The topological polar surface area (TPSA) is 56.6 Å². The first-order chi connectivity index (χ1) is 12.0. The zero-order chi connectivity index (χ0) is 17.8. The molecule has 2 aliphatic heterocycles. The quantitative estimate of drug-likeness (QED) is 0.869. The smallest absolute Gasteiger partial charge is 0.317 e. The number of aromatic nitrogens is 2. The van der Waals surface area contributed by atoms with Gasteiger partial charge in [-0.25, -0.2) is 4.79 Å². The molecule has 7 nitrogen and oxygen atoms in total. The van der Waals surface area contributed by atoms with E-state index in [1.807, 2.05) is 0 Å². The lowest BCUT2D eigenvalue weighted by Crippen LogP contribution is -2.43. The summed E-state index contributed by atoms with van der Waals surface area (Å²) in [4.78, 5) is 18.3. The van der Waals surface area contributed by atoms with Gasteiger partial charge in [-0.15, -0.1) is 0 Å². The van der Waals surface area contributed by atoms with E-state index in [9.17, 15) is 4.79 Å². The Hall–Kier alpha value is -1.60. The highest BCUT2D eigenvalue weighted by Gasteiger charge is 2.24. The number of nitrogens with one attached hydrogen (secondary N) is 1. The Balaban J connectivity index is 1.52. The molecule has 0 spiro atoms. The van der Waals surface area contributed by atoms with Gasteiger partial charge in [-0.2, -0.15) is 5.10 Å². The molecule has 0 radical (unpaired) electrons. The van der Waals surface area contributed by atoms with Crippen LogP contribution in [-0.4, -0.2) is 77.3 Å². The molecule has 2 aliphatic rings. The Bertz CT molecular complexity index is 584. The number of fused-ring (bicyclic) bond motifs is 1. The third-order valence-corrected chi connectivity index (χ3v) is 5.32. The number of amides is 2. The van der Waals surface area contributed by atoms with E-state index < -0.39 is 0 Å². The van der Waals surface area contributed by atoms with E-state index in [1.165, 1.54) is 44.7 Å². The molecule has 2 amide bonds. The van der Waals surface area contributed by atoms with Crippen molar-refractivity contribution in [2.24, 2.45) is 5.92 Å². The minimum Gasteiger partial charge on any atom is -0.332 e. The lowest BCUT2D eigenvalue weighted by Gasteiger charge is -2.36. The fraction of sp³-hybridized carbons (Fsp3) is 0.778. The first-order valence-electron chi connectivity index (χ1n) is 9.50. The van der Waals surface area contributed by atoms with Crippen LogP contribution in [0.5, 0.6) is 0 Å². The Kier molecular flexibility index (Phi) is 5.96. The molecule has 0 bridgehead atoms. The Morgan fingerprint density at radius 2 is 2.16 bits per heavy atom. The average Bonchev–Trinajstić information content (AvgIpc) is 3.01. The largest absolute Gasteiger partial charge is 0.332 e. The standard InChI is InChI=1S/C18H32N6O/c1-4-22-7-5-6-15(12-22)13-23-8-9-24-17(14-23)10-16(20-24)11-19-18(25)21(2)3/h10,15H,4-9,11-14H2,1-3H3,(H,19,25)/t15-/m0/s1. The van der Waals surface area contributed by atoms with Crippen LogP contribution in [0.1, 0.15) is 31.2 Å². The van der Waals surface area contributed by atoms with E-state index >= 15 is 0 Å². The van der Waals surface area contributed by atoms with Gasteiger partial charge in [0.05, 0.1) is 24.5 Å². The number of carbonyl (C=O) groups is 1. The summed E-state index contributed by atoms with van der Waals surface area (Å²) in [6, 6.07) is 2.06. The van der Waals surface area contributed by atoms with Crippen LogP contribution < -0.4 is 5.32 Å². The third-order valence-electron chi connectivity index (χ3n) is 5.32. The highest BCUT2D eigenvalue weighted by Crippen LogP contribution is 2.20. The summed E-state index contributed by atoms with van der Waals surface area (Å²) in [7, 11) is 3.49. The van der Waals surface area contributed by atoms with Crippen LogP contribution in [-0.2, 0) is 19.6 Å². The summed E-state index contributed by atoms with van der Waals surface area (Å²) >= 11 is 0. The molecule has 0 aliphatic carbocycles. The molecule has 1 aromatic rings. The number of urea groups is 1. The van der Waals surface area contributed by atoms with Crippen molar-refractivity contribution in [2.75, 3.05) is 46.8 Å². The zero-order valence-corrected chi connectivity index (χ0v) is 15.9. The highest BCUT2D eigenvalue weighted by molar-refractivity contribution is 5.73. The van der Waals surface area contributed by atoms with E-state index in [0.717, 1.165) is 31.2 Å². The molecular formula is C18H32N6O. The second-order valence-corrected chi connectivity index (χ2v) is 7.54. The van der Waals surface area contributed by atoms with Gasteiger partial charge in [0.1, 0.15) is 0 Å². The van der Waals surface area contributed by atoms with Gasteiger partial charge in [-0.3, -0.25) is 9.58 Å². The van der Waals surface area contributed by atoms with Gasteiger partial charge in [0.2, 0.25) is 0 Å². The maximum absolute atomic E-state index is 11.7. The van der Waals surface area contributed by atoms with Gasteiger partial charge in [0.25, 0.3) is 0 Å². The van der Waals surface area contributed by atoms with Gasteiger partial charge < -0.3 is 15.1 Å². The highest BCUT2D eigenvalue weighted by atomic mass is 16.2. The van der Waals surface area contributed by atoms with Crippen molar-refractivity contribution in [3.05, 3.63) is 17.5 Å². The molecule has 0 unspecified atom stereocenters. The van der Waals surface area contributed by atoms with Crippen LogP contribution in [0.4, 0.5) is 4.79 Å². The number of rotatable bonds is 5. The van der Waals surface area contributed by atoms with Crippen LogP contribution in [0.25, 0.3) is 0 Å². The first-order valence-corrected chi connectivity index (χ1v) is 9.50. The molecule has 1 aromatic heterocycles. The van der Waals surface area contributed by atoms with Gasteiger partial charge in [-0.1, -0.05) is 6.92 Å². The zero-order valence-electron chi connectivity index (χ0n) is 15.9. The maximum Gasteiger partial charge on any atom is 0.317 e. The minimum absolute atomic E-state index is 0.0784. The van der Waals surface area contributed by atoms with E-state index in [2.05, 4.69) is 37.9 Å². The number of nitrogens with zero attached hydrogens (tertiary/aromatic N) is 5. The van der Waals surface area contributed by atoms with Crippen molar-refractivity contribution in [1.82, 2.24) is 29.8 Å². The number of carbonyl (C=O) groups excluding carboxylic acids is 1. The fourth-order valence-corrected chi connectivity index (χ4v) is 3.90. The Morgan fingerprint density at radius 1 is 1.32 bits per heavy atom. The molecule has 0 aromatic carbocycles. The second kappa shape index (κ2) is 8.19. The van der Waals surface area contributed by atoms with Crippen molar-refractivity contribution >= 4 is 6.03 Å². The summed E-state index contributed by atoms with van der Waals surface area (Å²) in [5.74, 6) is 0.794. The summed E-state index contributed by atoms with van der Waals surface area (Å²) in [6.07, 6.45) is 2.69. The molecule has 140 valence electrons. The molecule has 3 heterocycles. The molecule has 25 heavy (non-hydrogen) atoms. The van der Waals surface area contributed by atoms with E-state index in [0.29, 0.717) is 6.54 Å². The van der Waals surface area contributed by atoms with Gasteiger partial charge in [0, 0.05) is 40.3 Å². The number of likely N-dealkylation sites (tertiary alicyclic amines) is 1. The predicted molar refractivity (Wildman–Crippen MR) is 98.3 cm³/mol. The van der Waals surface area contributed by atoms with Crippen molar-refractivity contribution in [3.63, 3.8) is 0 Å². The van der Waals surface area contributed by atoms with Crippen LogP contribution >= 0.6 is 0 Å². The van der Waals surface area contributed by atoms with Crippen LogP contribution in [0.2, 0.25) is 0 Å². The number of hydrogen-bond donors (Lipinski definition) is 1. The van der Waals surface area contributed by atoms with Crippen molar-refractivity contribution in [3.8, 4) is 0 Å². The molecule has 1 N–H and O–H groups in total. The fourth-order valence-electron chi connectivity index (χ4n) is 3.90. The predicted octanol–water partition coefficient (Wildman–Crippen LogP) is 1.20. The van der Waals surface area contributed by atoms with Gasteiger partial charge >= 0.3 is 6.03 Å². The molecule has 3 rings (SSSR count). The van der Waals surface area contributed by atoms with Gasteiger partial charge in [-0.05, 0) is 37.9 Å². The first kappa shape index (κ1) is 18.2. The lowest BCUT2D eigenvalue weighted by atomic mass is 9.97. The molecule has 7 heteroatoms. The molecule has 1 saturated heterocycles. The molecular weight excluding hydrogens is 316 g/mol. The van der Waals surface area contributed by atoms with E-state index in [1.54, 1.807) is 19.0 Å². The number of piperidine rings is 1. The second-order valence-electron chi connectivity index (χ2n) is 7.54. The maximum atomic E-state index is 11.7. The SMILES string of the molecule is CCN1CCC[C@H](CN2CCn3nc(CNC(=O)N(C)C)cc3C2)C1. The molecule has 1 atom stereocenters. The van der Waals surface area contributed by atoms with Crippen LogP contribution in [0, 0.1) is 5.92 Å². The number of hydrogen-bond acceptors (Lipinski definition) is 4. The monoisotopic (exact) mass is 348 g/mol. The summed E-state index contributed by atoms with van der Waals surface area (Å²) in [5.41, 5.74) is 2.21. The van der Waals surface area contributed by atoms with Crippen molar-refractivity contribution < 1.29 is 4.79 Å². The summed E-state index contributed by atoms with van der Waals surface area (Å²) in [6.45, 7) is 10.6. The van der Waals surface area contributed by atoms with Crippen molar-refractivity contribution in [1.29, 1.82) is 0 Å². The van der Waals surface area contributed by atoms with Crippen LogP contribution in [0.3, 0.4) is 0 Å². The third kappa shape index (κ3) is 4.73. The van der Waals surface area contributed by atoms with Crippen molar-refractivity contribution in [2.45, 2.75) is 39.4 Å². The van der Waals surface area contributed by atoms with Gasteiger partial charge in [0.15, 0.2) is 0 Å². The summed E-state index contributed by atoms with van der Waals surface area (Å²) in [5, 5.41) is 7.52. The Labute approximate surface area is 150 Å². The van der Waals surface area contributed by atoms with E-state index in [-0.39, 0.29) is 6.03 Å². The Morgan fingerprint density at radius 3 is 2.92 bits per heavy atom. The average molecular weight is 348 g/mol. The van der Waals surface area contributed by atoms with Crippen LogP contribution in [0.15, 0.2) is 6.07 Å². The minimum atomic E-state index is -0.0784. The normalized spacial score (nSPS) is 21.8. The molecule has 1 fully saturated rings. The van der Waals surface area contributed by atoms with E-state index in [4.69, 9.17) is 0 Å². The lowest BCUT2D eigenvalue weighted by molar-refractivity contribution is 0.120.